The van der Waals surface area contributed by atoms with Gasteiger partial charge in [-0.25, -0.2) is 4.79 Å². The van der Waals surface area contributed by atoms with Crippen molar-refractivity contribution in [1.29, 1.82) is 0 Å². The molecular formula is C14H19BrN2O3. The monoisotopic (exact) mass is 342 g/mol. The van der Waals surface area contributed by atoms with Crippen LogP contribution in [0.5, 0.6) is 0 Å². The van der Waals surface area contributed by atoms with E-state index < -0.39 is 12.0 Å². The van der Waals surface area contributed by atoms with Crippen molar-refractivity contribution in [3.05, 3.63) is 22.4 Å². The normalized spacial score (nSPS) is 22.6. The molecular weight excluding hydrogens is 324 g/mol. The Balaban J connectivity index is 2.34. The molecule has 0 spiro atoms. The maximum Gasteiger partial charge on any atom is 0.326 e. The fourth-order valence-corrected chi connectivity index (χ4v) is 3.18. The van der Waals surface area contributed by atoms with Gasteiger partial charge in [0.05, 0.1) is 0 Å². The molecule has 1 N–H and O–H groups in total. The van der Waals surface area contributed by atoms with Gasteiger partial charge in [-0.1, -0.05) is 6.92 Å². The number of hydrogen-bond acceptors (Lipinski definition) is 2. The molecule has 1 aromatic rings. The Morgan fingerprint density at radius 2 is 2.10 bits per heavy atom. The molecule has 2 rings (SSSR count). The van der Waals surface area contributed by atoms with Gasteiger partial charge < -0.3 is 14.6 Å². The molecule has 0 saturated carbocycles. The first-order valence-corrected chi connectivity index (χ1v) is 7.53. The fourth-order valence-electron chi connectivity index (χ4n) is 2.74. The zero-order valence-corrected chi connectivity index (χ0v) is 13.4. The number of carboxylic acid groups (broad SMARTS) is 1. The topological polar surface area (TPSA) is 62.5 Å². The quantitative estimate of drug-likeness (QED) is 0.918. The molecule has 2 unspecified atom stereocenters. The van der Waals surface area contributed by atoms with Gasteiger partial charge in [0.25, 0.3) is 5.91 Å². The van der Waals surface area contributed by atoms with Crippen LogP contribution in [0.15, 0.2) is 16.7 Å². The van der Waals surface area contributed by atoms with E-state index >= 15 is 0 Å². The molecule has 0 aliphatic carbocycles. The van der Waals surface area contributed by atoms with Crippen LogP contribution in [-0.4, -0.2) is 39.0 Å². The van der Waals surface area contributed by atoms with E-state index in [4.69, 9.17) is 0 Å². The van der Waals surface area contributed by atoms with E-state index in [1.165, 1.54) is 4.90 Å². The Kier molecular flexibility index (Phi) is 4.22. The zero-order chi connectivity index (χ0) is 15.0. The molecule has 1 amide bonds. The van der Waals surface area contributed by atoms with E-state index in [0.717, 1.165) is 10.9 Å². The number of likely N-dealkylation sites (tertiary alicyclic amines) is 1. The van der Waals surface area contributed by atoms with Crippen molar-refractivity contribution in [3.8, 4) is 0 Å². The Bertz CT molecular complexity index is 539. The third-order valence-corrected chi connectivity index (χ3v) is 4.24. The van der Waals surface area contributed by atoms with Crippen LogP contribution in [0.4, 0.5) is 0 Å². The lowest BCUT2D eigenvalue weighted by Gasteiger charge is -2.24. The lowest BCUT2D eigenvalue weighted by molar-refractivity contribution is -0.142. The third-order valence-electron chi connectivity index (χ3n) is 3.80. The highest BCUT2D eigenvalue weighted by molar-refractivity contribution is 9.10. The SMILES string of the molecule is CC1CCN(C(=O)c2cc(Br)cn2C(C)C)C1C(=O)O. The molecule has 0 radical (unpaired) electrons. The summed E-state index contributed by atoms with van der Waals surface area (Å²) in [6.07, 6.45) is 2.58. The summed E-state index contributed by atoms with van der Waals surface area (Å²) in [6, 6.07) is 1.17. The Morgan fingerprint density at radius 3 is 2.65 bits per heavy atom. The number of carbonyl (C=O) groups is 2. The minimum atomic E-state index is -0.926. The number of amides is 1. The van der Waals surface area contributed by atoms with Crippen LogP contribution in [0, 0.1) is 5.92 Å². The lowest BCUT2D eigenvalue weighted by atomic mass is 10.0. The maximum atomic E-state index is 12.7. The van der Waals surface area contributed by atoms with Crippen molar-refractivity contribution in [2.75, 3.05) is 6.54 Å². The van der Waals surface area contributed by atoms with Crippen LogP contribution in [0.2, 0.25) is 0 Å². The van der Waals surface area contributed by atoms with Gasteiger partial charge in [-0.05, 0) is 48.2 Å². The second-order valence-electron chi connectivity index (χ2n) is 5.59. The molecule has 1 saturated heterocycles. The zero-order valence-electron chi connectivity index (χ0n) is 11.8. The van der Waals surface area contributed by atoms with Crippen molar-refractivity contribution in [3.63, 3.8) is 0 Å². The highest BCUT2D eigenvalue weighted by Gasteiger charge is 2.40. The summed E-state index contributed by atoms with van der Waals surface area (Å²) >= 11 is 3.38. The average Bonchev–Trinajstić information content (AvgIpc) is 2.91. The van der Waals surface area contributed by atoms with Crippen LogP contribution in [0.25, 0.3) is 0 Å². The summed E-state index contributed by atoms with van der Waals surface area (Å²) in [4.78, 5) is 25.5. The Hall–Kier alpha value is -1.30. The summed E-state index contributed by atoms with van der Waals surface area (Å²) in [6.45, 7) is 6.36. The van der Waals surface area contributed by atoms with E-state index in [1.54, 1.807) is 6.07 Å². The molecule has 0 aromatic carbocycles. The van der Waals surface area contributed by atoms with Gasteiger partial charge in [-0.2, -0.15) is 0 Å². The van der Waals surface area contributed by atoms with Crippen molar-refractivity contribution < 1.29 is 14.7 Å². The average molecular weight is 343 g/mol. The lowest BCUT2D eigenvalue weighted by Crippen LogP contribution is -2.43. The van der Waals surface area contributed by atoms with E-state index in [9.17, 15) is 14.7 Å². The smallest absolute Gasteiger partial charge is 0.326 e. The minimum Gasteiger partial charge on any atom is -0.480 e. The standard InChI is InChI=1S/C14H19BrN2O3/c1-8(2)17-7-10(15)6-11(17)13(18)16-5-4-9(3)12(16)14(19)20/h6-9,12H,4-5H2,1-3H3,(H,19,20). The predicted molar refractivity (Wildman–Crippen MR) is 78.8 cm³/mol. The van der Waals surface area contributed by atoms with Gasteiger partial charge in [0, 0.05) is 23.3 Å². The van der Waals surface area contributed by atoms with Gasteiger partial charge in [0.15, 0.2) is 0 Å². The molecule has 110 valence electrons. The van der Waals surface area contributed by atoms with Crippen LogP contribution in [0.1, 0.15) is 43.7 Å². The summed E-state index contributed by atoms with van der Waals surface area (Å²) in [5.74, 6) is -1.14. The molecule has 2 atom stereocenters. The van der Waals surface area contributed by atoms with Crippen molar-refractivity contribution >= 4 is 27.8 Å². The molecule has 20 heavy (non-hydrogen) atoms. The van der Waals surface area contributed by atoms with E-state index in [-0.39, 0.29) is 17.9 Å². The first-order valence-electron chi connectivity index (χ1n) is 6.74. The second-order valence-corrected chi connectivity index (χ2v) is 6.51. The molecule has 5 nitrogen and oxygen atoms in total. The number of aromatic nitrogens is 1. The summed E-state index contributed by atoms with van der Waals surface area (Å²) in [5.41, 5.74) is 0.534. The Morgan fingerprint density at radius 1 is 1.45 bits per heavy atom. The fraction of sp³-hybridized carbons (Fsp3) is 0.571. The van der Waals surface area contributed by atoms with Gasteiger partial charge >= 0.3 is 5.97 Å². The third kappa shape index (κ3) is 2.61. The van der Waals surface area contributed by atoms with Gasteiger partial charge in [-0.15, -0.1) is 0 Å². The largest absolute Gasteiger partial charge is 0.480 e. The van der Waals surface area contributed by atoms with Crippen LogP contribution in [0.3, 0.4) is 0 Å². The molecule has 1 aliphatic heterocycles. The van der Waals surface area contributed by atoms with Gasteiger partial charge in [0.1, 0.15) is 11.7 Å². The highest BCUT2D eigenvalue weighted by Crippen LogP contribution is 2.28. The molecule has 1 aliphatic rings. The van der Waals surface area contributed by atoms with Crippen LogP contribution < -0.4 is 0 Å². The van der Waals surface area contributed by atoms with Gasteiger partial charge in [-0.3, -0.25) is 4.79 Å². The number of nitrogens with zero attached hydrogens (tertiary/aromatic N) is 2. The number of hydrogen-bond donors (Lipinski definition) is 1. The number of aliphatic carboxylic acids is 1. The molecule has 6 heteroatoms. The van der Waals surface area contributed by atoms with Crippen molar-refractivity contribution in [1.82, 2.24) is 9.47 Å². The van der Waals surface area contributed by atoms with Crippen molar-refractivity contribution in [2.45, 2.75) is 39.3 Å². The number of carbonyl (C=O) groups excluding carboxylic acids is 1. The predicted octanol–water partition coefficient (Wildman–Crippen LogP) is 2.77. The second kappa shape index (κ2) is 5.60. The van der Waals surface area contributed by atoms with E-state index in [1.807, 2.05) is 31.5 Å². The number of carboxylic acids is 1. The maximum absolute atomic E-state index is 12.7. The Labute approximate surface area is 126 Å². The van der Waals surface area contributed by atoms with Crippen LogP contribution in [-0.2, 0) is 4.79 Å². The van der Waals surface area contributed by atoms with E-state index in [2.05, 4.69) is 15.9 Å². The molecule has 1 aromatic heterocycles. The number of rotatable bonds is 3. The molecule has 1 fully saturated rings. The number of halogens is 1. The molecule has 2 heterocycles. The molecule has 0 bridgehead atoms. The highest BCUT2D eigenvalue weighted by atomic mass is 79.9. The summed E-state index contributed by atoms with van der Waals surface area (Å²) < 4.78 is 2.70. The first-order chi connectivity index (χ1) is 9.32. The van der Waals surface area contributed by atoms with Gasteiger partial charge in [0.2, 0.25) is 0 Å². The minimum absolute atomic E-state index is 0.0117. The summed E-state index contributed by atoms with van der Waals surface area (Å²) in [5, 5.41) is 9.32. The first kappa shape index (κ1) is 15.1. The summed E-state index contributed by atoms with van der Waals surface area (Å²) in [7, 11) is 0. The van der Waals surface area contributed by atoms with Crippen molar-refractivity contribution in [2.24, 2.45) is 5.92 Å². The van der Waals surface area contributed by atoms with E-state index in [0.29, 0.717) is 12.2 Å². The van der Waals surface area contributed by atoms with Crippen LogP contribution >= 0.6 is 15.9 Å².